The number of carbonyl (C=O) groups is 1. The van der Waals surface area contributed by atoms with E-state index >= 15 is 0 Å². The quantitative estimate of drug-likeness (QED) is 0.860. The smallest absolute Gasteiger partial charge is 0.405 e. The van der Waals surface area contributed by atoms with E-state index in [4.69, 9.17) is 0 Å². The first-order valence-corrected chi connectivity index (χ1v) is 5.96. The van der Waals surface area contributed by atoms with Crippen LogP contribution in [0.15, 0.2) is 24.3 Å². The fourth-order valence-corrected chi connectivity index (χ4v) is 2.25. The number of para-hydroxylation sites is 1. The maximum Gasteiger partial charge on any atom is 0.573 e. The summed E-state index contributed by atoms with van der Waals surface area (Å²) in [5.74, 6) is -0.820. The molecule has 0 amide bonds. The number of hydrogen-bond acceptors (Lipinski definition) is 3. The van der Waals surface area contributed by atoms with E-state index in [2.05, 4.69) is 10.1 Å². The lowest BCUT2D eigenvalue weighted by Crippen LogP contribution is -2.44. The Morgan fingerprint density at radius 2 is 2.05 bits per heavy atom. The molecule has 1 heterocycles. The summed E-state index contributed by atoms with van der Waals surface area (Å²) in [6.07, 6.45) is -3.38. The highest BCUT2D eigenvalue weighted by Gasteiger charge is 2.39. The van der Waals surface area contributed by atoms with E-state index in [-0.39, 0.29) is 11.3 Å². The second-order valence-electron chi connectivity index (χ2n) is 4.74. The first-order chi connectivity index (χ1) is 8.82. The topological polar surface area (TPSA) is 38.3 Å². The fourth-order valence-electron chi connectivity index (χ4n) is 2.25. The molecule has 104 valence electrons. The van der Waals surface area contributed by atoms with Gasteiger partial charge in [0.25, 0.3) is 0 Å². The Balaban J connectivity index is 2.32. The van der Waals surface area contributed by atoms with Crippen LogP contribution < -0.4 is 10.1 Å². The van der Waals surface area contributed by atoms with Gasteiger partial charge in [-0.2, -0.15) is 0 Å². The second-order valence-corrected chi connectivity index (χ2v) is 4.74. The highest BCUT2D eigenvalue weighted by molar-refractivity contribution is 6.05. The predicted molar refractivity (Wildman–Crippen MR) is 63.1 cm³/mol. The third-order valence-electron chi connectivity index (χ3n) is 3.23. The number of carbonyl (C=O) groups excluding carboxylic acids is 1. The summed E-state index contributed by atoms with van der Waals surface area (Å²) in [6, 6.07) is 5.44. The molecule has 1 saturated heterocycles. The van der Waals surface area contributed by atoms with Crippen LogP contribution in [0, 0.1) is 0 Å². The summed E-state index contributed by atoms with van der Waals surface area (Å²) in [7, 11) is 0. The molecule has 0 saturated carbocycles. The molecule has 1 aliphatic rings. The van der Waals surface area contributed by atoms with Crippen molar-refractivity contribution in [1.82, 2.24) is 5.32 Å². The van der Waals surface area contributed by atoms with Crippen molar-refractivity contribution in [3.8, 4) is 5.75 Å². The number of ketones is 1. The Morgan fingerprint density at radius 3 is 2.63 bits per heavy atom. The lowest BCUT2D eigenvalue weighted by molar-refractivity contribution is -0.274. The number of nitrogens with one attached hydrogen (secondary N) is 1. The number of alkyl halides is 3. The molecule has 2 rings (SSSR count). The molecule has 0 bridgehead atoms. The van der Waals surface area contributed by atoms with Crippen molar-refractivity contribution >= 4 is 5.78 Å². The van der Waals surface area contributed by atoms with Crippen LogP contribution in [0.1, 0.15) is 30.1 Å². The average Bonchev–Trinajstić information content (AvgIpc) is 2.75. The highest BCUT2D eigenvalue weighted by Crippen LogP contribution is 2.31. The number of ether oxygens (including phenoxy) is 1. The van der Waals surface area contributed by atoms with Crippen LogP contribution in [0.25, 0.3) is 0 Å². The molecule has 1 atom stereocenters. The van der Waals surface area contributed by atoms with Crippen molar-refractivity contribution < 1.29 is 22.7 Å². The number of benzene rings is 1. The largest absolute Gasteiger partial charge is 0.573 e. The maximum atomic E-state index is 12.4. The molecule has 0 aromatic heterocycles. The van der Waals surface area contributed by atoms with E-state index in [0.717, 1.165) is 12.5 Å². The molecule has 0 spiro atoms. The molecule has 1 fully saturated rings. The summed E-state index contributed by atoms with van der Waals surface area (Å²) < 4.78 is 40.8. The second kappa shape index (κ2) is 4.85. The van der Waals surface area contributed by atoms with E-state index in [0.29, 0.717) is 13.0 Å². The average molecular weight is 273 g/mol. The molecule has 1 N–H and O–H groups in total. The molecule has 1 aromatic rings. The molecule has 1 aliphatic heterocycles. The Hall–Kier alpha value is -1.56. The van der Waals surface area contributed by atoms with Crippen LogP contribution in [-0.2, 0) is 0 Å². The Bertz CT molecular complexity index is 479. The summed E-state index contributed by atoms with van der Waals surface area (Å²) in [4.78, 5) is 12.4. The Labute approximate surface area is 108 Å². The summed E-state index contributed by atoms with van der Waals surface area (Å²) >= 11 is 0. The maximum absolute atomic E-state index is 12.4. The van der Waals surface area contributed by atoms with Gasteiger partial charge in [-0.1, -0.05) is 12.1 Å². The minimum atomic E-state index is -4.81. The number of Topliss-reactive ketones (excluding diaryl/α,β-unsaturated/α-hetero) is 1. The van der Waals surface area contributed by atoms with Crippen LogP contribution in [-0.4, -0.2) is 24.2 Å². The molecule has 0 radical (unpaired) electrons. The minimum Gasteiger partial charge on any atom is -0.405 e. The minimum absolute atomic E-state index is 0.0447. The van der Waals surface area contributed by atoms with E-state index in [9.17, 15) is 18.0 Å². The highest BCUT2D eigenvalue weighted by atomic mass is 19.4. The van der Waals surface area contributed by atoms with Crippen LogP contribution in [0.4, 0.5) is 13.2 Å². The van der Waals surface area contributed by atoms with Crippen molar-refractivity contribution in [2.24, 2.45) is 0 Å². The summed E-state index contributed by atoms with van der Waals surface area (Å²) in [5, 5.41) is 3.03. The normalized spacial score (nSPS) is 23.4. The summed E-state index contributed by atoms with van der Waals surface area (Å²) in [6.45, 7) is 2.39. The van der Waals surface area contributed by atoms with Gasteiger partial charge in [-0.15, -0.1) is 13.2 Å². The van der Waals surface area contributed by atoms with Crippen molar-refractivity contribution in [2.75, 3.05) is 6.54 Å². The zero-order chi connectivity index (χ0) is 14.1. The molecule has 6 heteroatoms. The molecule has 0 aliphatic carbocycles. The van der Waals surface area contributed by atoms with Gasteiger partial charge < -0.3 is 10.1 Å². The Morgan fingerprint density at radius 1 is 1.37 bits per heavy atom. The van der Waals surface area contributed by atoms with Crippen molar-refractivity contribution in [3.05, 3.63) is 29.8 Å². The molecule has 1 unspecified atom stereocenters. The summed E-state index contributed by atoms with van der Waals surface area (Å²) in [5.41, 5.74) is -0.859. The third-order valence-corrected chi connectivity index (χ3v) is 3.23. The number of hydrogen-bond donors (Lipinski definition) is 1. The van der Waals surface area contributed by atoms with Crippen molar-refractivity contribution in [2.45, 2.75) is 31.7 Å². The predicted octanol–water partition coefficient (Wildman–Crippen LogP) is 2.91. The SMILES string of the molecule is CC1(C(=O)c2ccccc2OC(F)(F)F)CCCN1. The van der Waals surface area contributed by atoms with Gasteiger partial charge in [-0.25, -0.2) is 0 Å². The van der Waals surface area contributed by atoms with Gasteiger partial charge in [0, 0.05) is 0 Å². The first-order valence-electron chi connectivity index (χ1n) is 5.96. The standard InChI is InChI=1S/C13H14F3NO2/c1-12(7-4-8-17-12)11(18)9-5-2-3-6-10(9)19-13(14,15)16/h2-3,5-6,17H,4,7-8H2,1H3. The molecular formula is C13H14F3NO2. The molecule has 1 aromatic carbocycles. The first kappa shape index (κ1) is 13.9. The van der Waals surface area contributed by atoms with E-state index in [1.165, 1.54) is 18.2 Å². The van der Waals surface area contributed by atoms with Gasteiger partial charge >= 0.3 is 6.36 Å². The zero-order valence-electron chi connectivity index (χ0n) is 10.4. The van der Waals surface area contributed by atoms with E-state index in [1.54, 1.807) is 6.92 Å². The lowest BCUT2D eigenvalue weighted by Gasteiger charge is -2.24. The van der Waals surface area contributed by atoms with Gasteiger partial charge in [0.05, 0.1) is 11.1 Å². The lowest BCUT2D eigenvalue weighted by atomic mass is 9.89. The molecule has 3 nitrogen and oxygen atoms in total. The van der Waals surface area contributed by atoms with Gasteiger partial charge in [0.1, 0.15) is 5.75 Å². The van der Waals surface area contributed by atoms with Crippen LogP contribution >= 0.6 is 0 Å². The molecule has 19 heavy (non-hydrogen) atoms. The van der Waals surface area contributed by atoms with Crippen LogP contribution in [0.5, 0.6) is 5.75 Å². The van der Waals surface area contributed by atoms with Gasteiger partial charge in [0.15, 0.2) is 5.78 Å². The number of rotatable bonds is 3. The monoisotopic (exact) mass is 273 g/mol. The zero-order valence-corrected chi connectivity index (χ0v) is 10.4. The van der Waals surface area contributed by atoms with E-state index < -0.39 is 17.7 Å². The Kier molecular flexibility index (Phi) is 3.54. The van der Waals surface area contributed by atoms with Gasteiger partial charge in [-0.05, 0) is 38.4 Å². The number of halogens is 3. The molecular weight excluding hydrogens is 259 g/mol. The third kappa shape index (κ3) is 3.07. The van der Waals surface area contributed by atoms with Crippen molar-refractivity contribution in [1.29, 1.82) is 0 Å². The van der Waals surface area contributed by atoms with E-state index in [1.807, 2.05) is 0 Å². The van der Waals surface area contributed by atoms with Crippen LogP contribution in [0.2, 0.25) is 0 Å². The fraction of sp³-hybridized carbons (Fsp3) is 0.462. The van der Waals surface area contributed by atoms with Gasteiger partial charge in [0.2, 0.25) is 0 Å². The van der Waals surface area contributed by atoms with Crippen molar-refractivity contribution in [3.63, 3.8) is 0 Å². The van der Waals surface area contributed by atoms with Crippen LogP contribution in [0.3, 0.4) is 0 Å². The van der Waals surface area contributed by atoms with Gasteiger partial charge in [-0.3, -0.25) is 4.79 Å².